The maximum Gasteiger partial charge on any atom is 0.157 e. The molecule has 1 aromatic rings. The summed E-state index contributed by atoms with van der Waals surface area (Å²) in [6.45, 7) is 0. The Morgan fingerprint density at radius 1 is 1.41 bits per heavy atom. The number of hydrogen-bond donors (Lipinski definition) is 2. The van der Waals surface area contributed by atoms with Crippen molar-refractivity contribution in [2.45, 2.75) is 37.5 Å². The topological polar surface area (TPSA) is 59.1 Å². The molecule has 17 heavy (non-hydrogen) atoms. The standard InChI is InChI=1S/C11H15ClN4O/c1-13-9-10(12)14-5-15-11(9)16-7-4-6-2-3-8(7)17-6/h5-8,13H,2-4H2,1H3,(H,14,15,16). The van der Waals surface area contributed by atoms with Gasteiger partial charge in [0.25, 0.3) is 0 Å². The van der Waals surface area contributed by atoms with Gasteiger partial charge >= 0.3 is 0 Å². The van der Waals surface area contributed by atoms with E-state index in [-0.39, 0.29) is 0 Å². The van der Waals surface area contributed by atoms with Gasteiger partial charge in [-0.25, -0.2) is 9.97 Å². The quantitative estimate of drug-likeness (QED) is 0.807. The molecule has 3 atom stereocenters. The molecule has 0 radical (unpaired) electrons. The normalized spacial score (nSPS) is 30.6. The minimum Gasteiger partial charge on any atom is -0.383 e. The van der Waals surface area contributed by atoms with E-state index in [0.29, 0.717) is 23.4 Å². The zero-order valence-electron chi connectivity index (χ0n) is 9.61. The largest absolute Gasteiger partial charge is 0.383 e. The summed E-state index contributed by atoms with van der Waals surface area (Å²) in [7, 11) is 1.81. The molecule has 0 aromatic carbocycles. The highest BCUT2D eigenvalue weighted by Crippen LogP contribution is 2.37. The first-order chi connectivity index (χ1) is 8.28. The number of hydrogen-bond acceptors (Lipinski definition) is 5. The molecule has 2 fully saturated rings. The first-order valence-electron chi connectivity index (χ1n) is 5.88. The number of rotatable bonds is 3. The van der Waals surface area contributed by atoms with Crippen molar-refractivity contribution < 1.29 is 4.74 Å². The van der Waals surface area contributed by atoms with Gasteiger partial charge in [0, 0.05) is 7.05 Å². The van der Waals surface area contributed by atoms with E-state index in [4.69, 9.17) is 16.3 Å². The van der Waals surface area contributed by atoms with Crippen LogP contribution in [0.4, 0.5) is 11.5 Å². The molecule has 2 aliphatic heterocycles. The van der Waals surface area contributed by atoms with Crippen molar-refractivity contribution in [3.8, 4) is 0 Å². The van der Waals surface area contributed by atoms with E-state index in [2.05, 4.69) is 20.6 Å². The Kier molecular flexibility index (Phi) is 2.80. The molecule has 1 aromatic heterocycles. The lowest BCUT2D eigenvalue weighted by molar-refractivity contribution is 0.102. The van der Waals surface area contributed by atoms with Gasteiger partial charge in [0.15, 0.2) is 11.0 Å². The first-order valence-corrected chi connectivity index (χ1v) is 6.26. The molecule has 0 aliphatic carbocycles. The van der Waals surface area contributed by atoms with Crippen LogP contribution in [-0.4, -0.2) is 35.3 Å². The van der Waals surface area contributed by atoms with Gasteiger partial charge in [-0.3, -0.25) is 0 Å². The highest BCUT2D eigenvalue weighted by molar-refractivity contribution is 6.32. The van der Waals surface area contributed by atoms with Crippen LogP contribution in [-0.2, 0) is 4.74 Å². The number of nitrogens with one attached hydrogen (secondary N) is 2. The second-order valence-corrected chi connectivity index (χ2v) is 4.86. The summed E-state index contributed by atoms with van der Waals surface area (Å²) in [6, 6.07) is 0.340. The molecule has 3 heterocycles. The van der Waals surface area contributed by atoms with Crippen LogP contribution in [0.15, 0.2) is 6.33 Å². The van der Waals surface area contributed by atoms with Crippen molar-refractivity contribution in [3.63, 3.8) is 0 Å². The van der Waals surface area contributed by atoms with Gasteiger partial charge < -0.3 is 15.4 Å². The Labute approximate surface area is 105 Å². The van der Waals surface area contributed by atoms with Crippen LogP contribution in [0.3, 0.4) is 0 Å². The lowest BCUT2D eigenvalue weighted by Crippen LogP contribution is -2.31. The molecule has 2 N–H and O–H groups in total. The van der Waals surface area contributed by atoms with Crippen LogP contribution in [0.1, 0.15) is 19.3 Å². The third kappa shape index (κ3) is 1.93. The number of ether oxygens (including phenoxy) is 1. The fourth-order valence-electron chi connectivity index (χ4n) is 2.66. The average molecular weight is 255 g/mol. The summed E-state index contributed by atoms with van der Waals surface area (Å²) in [5, 5.41) is 6.87. The minimum atomic E-state index is 0.318. The smallest absolute Gasteiger partial charge is 0.157 e. The predicted molar refractivity (Wildman–Crippen MR) is 66.5 cm³/mol. The van der Waals surface area contributed by atoms with Gasteiger partial charge in [-0.1, -0.05) is 11.6 Å². The Morgan fingerprint density at radius 2 is 2.29 bits per heavy atom. The number of nitrogens with zero attached hydrogens (tertiary/aromatic N) is 2. The third-order valence-electron chi connectivity index (χ3n) is 3.48. The number of anilines is 2. The van der Waals surface area contributed by atoms with Crippen molar-refractivity contribution in [1.29, 1.82) is 0 Å². The van der Waals surface area contributed by atoms with Crippen molar-refractivity contribution in [2.24, 2.45) is 0 Å². The average Bonchev–Trinajstić information content (AvgIpc) is 2.91. The minimum absolute atomic E-state index is 0.318. The zero-order valence-corrected chi connectivity index (χ0v) is 10.4. The molecule has 2 aliphatic rings. The van der Waals surface area contributed by atoms with Gasteiger partial charge in [-0.2, -0.15) is 0 Å². The molecule has 92 valence electrons. The first kappa shape index (κ1) is 11.0. The summed E-state index contributed by atoms with van der Waals surface area (Å²) in [4.78, 5) is 8.19. The van der Waals surface area contributed by atoms with E-state index in [1.54, 1.807) is 0 Å². The lowest BCUT2D eigenvalue weighted by Gasteiger charge is -2.22. The van der Waals surface area contributed by atoms with Crippen LogP contribution >= 0.6 is 11.6 Å². The summed E-state index contributed by atoms with van der Waals surface area (Å²) in [5.74, 6) is 0.758. The molecule has 0 saturated carbocycles. The lowest BCUT2D eigenvalue weighted by atomic mass is 9.95. The molecule has 3 unspecified atom stereocenters. The van der Waals surface area contributed by atoms with Gasteiger partial charge in [0.1, 0.15) is 12.0 Å². The van der Waals surface area contributed by atoms with Crippen molar-refractivity contribution >= 4 is 23.1 Å². The summed E-state index contributed by atoms with van der Waals surface area (Å²) < 4.78 is 5.80. The zero-order chi connectivity index (χ0) is 11.8. The molecule has 2 bridgehead atoms. The maximum atomic E-state index is 6.01. The van der Waals surface area contributed by atoms with Crippen molar-refractivity contribution in [2.75, 3.05) is 17.7 Å². The number of halogens is 1. The van der Waals surface area contributed by atoms with Crippen LogP contribution in [0, 0.1) is 0 Å². The summed E-state index contributed by atoms with van der Waals surface area (Å²) in [5.41, 5.74) is 0.747. The molecule has 3 rings (SSSR count). The Morgan fingerprint density at radius 3 is 2.94 bits per heavy atom. The number of aromatic nitrogens is 2. The highest BCUT2D eigenvalue weighted by atomic mass is 35.5. The van der Waals surface area contributed by atoms with Gasteiger partial charge in [0.2, 0.25) is 0 Å². The molecular formula is C11H15ClN4O. The van der Waals surface area contributed by atoms with E-state index in [1.165, 1.54) is 12.7 Å². The second kappa shape index (κ2) is 4.31. The molecule has 0 spiro atoms. The van der Waals surface area contributed by atoms with Crippen molar-refractivity contribution in [1.82, 2.24) is 9.97 Å². The van der Waals surface area contributed by atoms with Gasteiger partial charge in [-0.05, 0) is 19.3 Å². The summed E-state index contributed by atoms with van der Waals surface area (Å²) >= 11 is 6.01. The molecule has 2 saturated heterocycles. The SMILES string of the molecule is CNc1c(Cl)ncnc1NC1CC2CCC1O2. The predicted octanol–water partition coefficient (Wildman–Crippen LogP) is 1.90. The molecule has 0 amide bonds. The third-order valence-corrected chi connectivity index (χ3v) is 3.77. The van der Waals surface area contributed by atoms with Crippen LogP contribution in [0.25, 0.3) is 0 Å². The van der Waals surface area contributed by atoms with E-state index in [1.807, 2.05) is 7.05 Å². The van der Waals surface area contributed by atoms with E-state index in [0.717, 1.165) is 24.3 Å². The van der Waals surface area contributed by atoms with Crippen LogP contribution in [0.2, 0.25) is 5.15 Å². The maximum absolute atomic E-state index is 6.01. The molecule has 6 heteroatoms. The summed E-state index contributed by atoms with van der Waals surface area (Å²) in [6.07, 6.45) is 5.59. The Hall–Kier alpha value is -1.07. The second-order valence-electron chi connectivity index (χ2n) is 4.50. The fourth-order valence-corrected chi connectivity index (χ4v) is 2.89. The highest BCUT2D eigenvalue weighted by Gasteiger charge is 2.41. The fraction of sp³-hybridized carbons (Fsp3) is 0.636. The van der Waals surface area contributed by atoms with Crippen LogP contribution in [0.5, 0.6) is 0 Å². The van der Waals surface area contributed by atoms with E-state index < -0.39 is 0 Å². The molecular weight excluding hydrogens is 240 g/mol. The van der Waals surface area contributed by atoms with E-state index >= 15 is 0 Å². The molecule has 5 nitrogen and oxygen atoms in total. The monoisotopic (exact) mass is 254 g/mol. The van der Waals surface area contributed by atoms with Crippen LogP contribution < -0.4 is 10.6 Å². The Bertz CT molecular complexity index is 428. The van der Waals surface area contributed by atoms with Crippen molar-refractivity contribution in [3.05, 3.63) is 11.5 Å². The van der Waals surface area contributed by atoms with Gasteiger partial charge in [0.05, 0.1) is 18.2 Å². The van der Waals surface area contributed by atoms with E-state index in [9.17, 15) is 0 Å². The number of fused-ring (bicyclic) bond motifs is 2. The van der Waals surface area contributed by atoms with Gasteiger partial charge in [-0.15, -0.1) is 0 Å². The Balaban J connectivity index is 1.79.